The van der Waals surface area contributed by atoms with Gasteiger partial charge in [0, 0.05) is 5.57 Å². The lowest BCUT2D eigenvalue weighted by Crippen LogP contribution is -2.20. The summed E-state index contributed by atoms with van der Waals surface area (Å²) in [6.45, 7) is 3.91. The molecule has 0 aliphatic carbocycles. The summed E-state index contributed by atoms with van der Waals surface area (Å²) in [5, 5.41) is 0. The van der Waals surface area contributed by atoms with Gasteiger partial charge in [0.05, 0.1) is 0 Å². The predicted molar refractivity (Wildman–Crippen MR) is 67.5 cm³/mol. The van der Waals surface area contributed by atoms with Crippen LogP contribution in [0.25, 0.3) is 0 Å². The number of hydrogen-bond acceptors (Lipinski definition) is 2. The zero-order valence-electron chi connectivity index (χ0n) is 10.7. The van der Waals surface area contributed by atoms with Crippen LogP contribution in [0.15, 0.2) is 35.9 Å². The van der Waals surface area contributed by atoms with E-state index in [1.165, 1.54) is 12.1 Å². The zero-order chi connectivity index (χ0) is 13.2. The second kappa shape index (κ2) is 4.92. The van der Waals surface area contributed by atoms with Crippen molar-refractivity contribution in [3.63, 3.8) is 0 Å². The number of cyclic esters (lactones) is 1. The van der Waals surface area contributed by atoms with E-state index < -0.39 is 5.60 Å². The van der Waals surface area contributed by atoms with E-state index in [-0.39, 0.29) is 11.8 Å². The van der Waals surface area contributed by atoms with Gasteiger partial charge in [-0.05, 0) is 43.5 Å². The van der Waals surface area contributed by atoms with Gasteiger partial charge in [0.2, 0.25) is 0 Å². The van der Waals surface area contributed by atoms with Crippen LogP contribution in [0.4, 0.5) is 4.39 Å². The van der Waals surface area contributed by atoms with Crippen LogP contribution in [0, 0.1) is 5.82 Å². The molecule has 0 radical (unpaired) electrons. The van der Waals surface area contributed by atoms with Gasteiger partial charge < -0.3 is 4.74 Å². The van der Waals surface area contributed by atoms with Gasteiger partial charge in [-0.25, -0.2) is 9.18 Å². The van der Waals surface area contributed by atoms with Gasteiger partial charge in [-0.1, -0.05) is 25.5 Å². The Labute approximate surface area is 106 Å². The van der Waals surface area contributed by atoms with Gasteiger partial charge in [0.15, 0.2) is 5.60 Å². The van der Waals surface area contributed by atoms with Crippen molar-refractivity contribution < 1.29 is 13.9 Å². The van der Waals surface area contributed by atoms with E-state index >= 15 is 0 Å². The Bertz CT molecular complexity index is 476. The lowest BCUT2D eigenvalue weighted by Gasteiger charge is -2.21. The quantitative estimate of drug-likeness (QED) is 0.759. The summed E-state index contributed by atoms with van der Waals surface area (Å²) in [7, 11) is 0. The number of carbonyl (C=O) groups is 1. The molecule has 0 aromatic heterocycles. The highest BCUT2D eigenvalue weighted by Crippen LogP contribution is 2.35. The molecular formula is C15H17FO2. The maximum atomic E-state index is 12.9. The number of esters is 1. The SMILES string of the molecule is CCCCC1=C[C@](C)(c2ccc(F)cc2)OC1=O. The Balaban J connectivity index is 2.24. The zero-order valence-corrected chi connectivity index (χ0v) is 10.7. The smallest absolute Gasteiger partial charge is 0.335 e. The number of unbranched alkanes of at least 4 members (excludes halogenated alkanes) is 1. The van der Waals surface area contributed by atoms with Gasteiger partial charge in [0.1, 0.15) is 5.82 Å². The molecule has 18 heavy (non-hydrogen) atoms. The lowest BCUT2D eigenvalue weighted by atomic mass is 9.94. The van der Waals surface area contributed by atoms with E-state index in [1.54, 1.807) is 12.1 Å². The first-order chi connectivity index (χ1) is 8.55. The molecule has 0 fully saturated rings. The molecule has 2 nitrogen and oxygen atoms in total. The highest BCUT2D eigenvalue weighted by molar-refractivity contribution is 5.91. The third-order valence-corrected chi connectivity index (χ3v) is 3.23. The first-order valence-corrected chi connectivity index (χ1v) is 6.26. The third-order valence-electron chi connectivity index (χ3n) is 3.23. The van der Waals surface area contributed by atoms with Crippen molar-refractivity contribution in [1.29, 1.82) is 0 Å². The molecule has 1 atom stereocenters. The second-order valence-electron chi connectivity index (χ2n) is 4.78. The molecule has 2 rings (SSSR count). The normalized spacial score (nSPS) is 22.8. The van der Waals surface area contributed by atoms with Gasteiger partial charge >= 0.3 is 5.97 Å². The summed E-state index contributed by atoms with van der Waals surface area (Å²) in [5.41, 5.74) is 0.765. The minimum atomic E-state index is -0.756. The highest BCUT2D eigenvalue weighted by atomic mass is 19.1. The van der Waals surface area contributed by atoms with E-state index in [4.69, 9.17) is 4.74 Å². The number of ether oxygens (including phenoxy) is 1. The minimum Gasteiger partial charge on any atom is -0.447 e. The van der Waals surface area contributed by atoms with Crippen LogP contribution in [0.5, 0.6) is 0 Å². The number of hydrogen-bond donors (Lipinski definition) is 0. The monoisotopic (exact) mass is 248 g/mol. The molecule has 1 aliphatic rings. The molecule has 0 N–H and O–H groups in total. The standard InChI is InChI=1S/C15H17FO2/c1-3-4-5-11-10-15(2,18-14(11)17)12-6-8-13(16)9-7-12/h6-10H,3-5H2,1-2H3/t15-/m1/s1. The molecule has 0 spiro atoms. The van der Waals surface area contributed by atoms with Crippen LogP contribution in [0.3, 0.4) is 0 Å². The number of benzene rings is 1. The van der Waals surface area contributed by atoms with Crippen molar-refractivity contribution >= 4 is 5.97 Å². The van der Waals surface area contributed by atoms with Crippen LogP contribution in [0.1, 0.15) is 38.7 Å². The lowest BCUT2D eigenvalue weighted by molar-refractivity contribution is -0.146. The molecule has 0 bridgehead atoms. The molecule has 1 aliphatic heterocycles. The molecule has 0 unspecified atom stereocenters. The van der Waals surface area contributed by atoms with Crippen molar-refractivity contribution in [3.05, 3.63) is 47.3 Å². The Morgan fingerprint density at radius 1 is 1.28 bits per heavy atom. The molecule has 1 aromatic carbocycles. The molecule has 96 valence electrons. The van der Waals surface area contributed by atoms with Crippen molar-refractivity contribution in [2.45, 2.75) is 38.7 Å². The van der Waals surface area contributed by atoms with Gasteiger partial charge in [0.25, 0.3) is 0 Å². The first-order valence-electron chi connectivity index (χ1n) is 6.26. The highest BCUT2D eigenvalue weighted by Gasteiger charge is 2.36. The molecule has 1 heterocycles. The number of halogens is 1. The van der Waals surface area contributed by atoms with Crippen LogP contribution in [-0.2, 0) is 15.1 Å². The predicted octanol–water partition coefficient (Wildman–Crippen LogP) is 3.71. The Morgan fingerprint density at radius 3 is 2.56 bits per heavy atom. The van der Waals surface area contributed by atoms with E-state index in [2.05, 4.69) is 6.92 Å². The summed E-state index contributed by atoms with van der Waals surface area (Å²) in [6.07, 6.45) is 4.61. The number of carbonyl (C=O) groups excluding carboxylic acids is 1. The summed E-state index contributed by atoms with van der Waals surface area (Å²) in [4.78, 5) is 11.8. The average Bonchev–Trinajstić information content (AvgIpc) is 2.63. The maximum absolute atomic E-state index is 12.9. The average molecular weight is 248 g/mol. The van der Waals surface area contributed by atoms with Crippen LogP contribution >= 0.6 is 0 Å². The van der Waals surface area contributed by atoms with Crippen molar-refractivity contribution in [2.75, 3.05) is 0 Å². The Morgan fingerprint density at radius 2 is 1.94 bits per heavy atom. The van der Waals surface area contributed by atoms with Gasteiger partial charge in [-0.2, -0.15) is 0 Å². The fraction of sp³-hybridized carbons (Fsp3) is 0.400. The van der Waals surface area contributed by atoms with E-state index in [0.717, 1.165) is 30.4 Å². The third kappa shape index (κ3) is 2.45. The van der Waals surface area contributed by atoms with Crippen LogP contribution in [0.2, 0.25) is 0 Å². The fourth-order valence-corrected chi connectivity index (χ4v) is 2.14. The van der Waals surface area contributed by atoms with Crippen LogP contribution in [-0.4, -0.2) is 5.97 Å². The molecule has 1 aromatic rings. The van der Waals surface area contributed by atoms with E-state index in [1.807, 2.05) is 13.0 Å². The molecule has 0 amide bonds. The molecular weight excluding hydrogens is 231 g/mol. The Kier molecular flexibility index (Phi) is 3.50. The summed E-state index contributed by atoms with van der Waals surface area (Å²) in [6, 6.07) is 6.07. The minimum absolute atomic E-state index is 0.254. The molecule has 3 heteroatoms. The number of rotatable bonds is 4. The maximum Gasteiger partial charge on any atom is 0.335 e. The molecule has 0 saturated carbocycles. The van der Waals surface area contributed by atoms with Crippen molar-refractivity contribution in [3.8, 4) is 0 Å². The van der Waals surface area contributed by atoms with Gasteiger partial charge in [-0.15, -0.1) is 0 Å². The van der Waals surface area contributed by atoms with Gasteiger partial charge in [-0.3, -0.25) is 0 Å². The second-order valence-corrected chi connectivity index (χ2v) is 4.78. The summed E-state index contributed by atoms with van der Waals surface area (Å²) in [5.74, 6) is -0.544. The summed E-state index contributed by atoms with van der Waals surface area (Å²) >= 11 is 0. The fourth-order valence-electron chi connectivity index (χ4n) is 2.14. The van der Waals surface area contributed by atoms with E-state index in [0.29, 0.717) is 0 Å². The van der Waals surface area contributed by atoms with E-state index in [9.17, 15) is 9.18 Å². The van der Waals surface area contributed by atoms with Crippen LogP contribution < -0.4 is 0 Å². The molecule has 0 saturated heterocycles. The van der Waals surface area contributed by atoms with Crippen molar-refractivity contribution in [2.24, 2.45) is 0 Å². The Hall–Kier alpha value is -1.64. The topological polar surface area (TPSA) is 26.3 Å². The summed E-state index contributed by atoms with van der Waals surface area (Å²) < 4.78 is 18.3. The first kappa shape index (κ1) is 12.8. The van der Waals surface area contributed by atoms with Crippen molar-refractivity contribution in [1.82, 2.24) is 0 Å². The largest absolute Gasteiger partial charge is 0.447 e.